The van der Waals surface area contributed by atoms with Gasteiger partial charge in [-0.3, -0.25) is 4.79 Å². The molecule has 2 heteroatoms. The zero-order valence-electron chi connectivity index (χ0n) is 13.1. The van der Waals surface area contributed by atoms with Crippen LogP contribution in [0.2, 0.25) is 0 Å². The lowest BCUT2D eigenvalue weighted by atomic mass is 9.97. The van der Waals surface area contributed by atoms with Gasteiger partial charge in [-0.1, -0.05) is 49.7 Å². The summed E-state index contributed by atoms with van der Waals surface area (Å²) >= 11 is 0. The Balaban J connectivity index is 2.30. The standard InChI is InChI=1S/C19H22O2/c1-13(2)11-15-6-8-16(9-7-15)19(20)17-12-14(3)5-10-18(17)21-4/h5-10,12-13H,11H2,1-4H3. The van der Waals surface area contributed by atoms with E-state index in [9.17, 15) is 4.79 Å². The molecule has 2 aromatic rings. The molecule has 0 aliphatic rings. The Morgan fingerprint density at radius 3 is 2.33 bits per heavy atom. The van der Waals surface area contributed by atoms with E-state index in [1.165, 1.54) is 5.56 Å². The zero-order chi connectivity index (χ0) is 15.4. The number of hydrogen-bond donors (Lipinski definition) is 0. The van der Waals surface area contributed by atoms with E-state index in [-0.39, 0.29) is 5.78 Å². The molecule has 0 saturated carbocycles. The molecule has 110 valence electrons. The molecule has 0 radical (unpaired) electrons. The number of aryl methyl sites for hydroxylation is 1. The maximum absolute atomic E-state index is 12.6. The van der Waals surface area contributed by atoms with E-state index in [0.717, 1.165) is 12.0 Å². The Bertz CT molecular complexity index is 625. The highest BCUT2D eigenvalue weighted by atomic mass is 16.5. The minimum absolute atomic E-state index is 0.00615. The van der Waals surface area contributed by atoms with Crippen LogP contribution in [-0.2, 0) is 6.42 Å². The molecule has 0 spiro atoms. The first-order chi connectivity index (χ1) is 10.0. The van der Waals surface area contributed by atoms with Crippen LogP contribution >= 0.6 is 0 Å². The van der Waals surface area contributed by atoms with Crippen LogP contribution in [0.25, 0.3) is 0 Å². The lowest BCUT2D eigenvalue weighted by Crippen LogP contribution is -2.05. The lowest BCUT2D eigenvalue weighted by Gasteiger charge is -2.10. The van der Waals surface area contributed by atoms with Crippen LogP contribution in [0, 0.1) is 12.8 Å². The van der Waals surface area contributed by atoms with Gasteiger partial charge in [-0.25, -0.2) is 0 Å². The first-order valence-electron chi connectivity index (χ1n) is 7.29. The Morgan fingerprint density at radius 1 is 1.10 bits per heavy atom. The van der Waals surface area contributed by atoms with Crippen LogP contribution in [0.5, 0.6) is 5.75 Å². The van der Waals surface area contributed by atoms with Crippen LogP contribution in [0.15, 0.2) is 42.5 Å². The third-order valence-electron chi connectivity index (χ3n) is 3.46. The number of hydrogen-bond acceptors (Lipinski definition) is 2. The normalized spacial score (nSPS) is 10.7. The summed E-state index contributed by atoms with van der Waals surface area (Å²) in [6.07, 6.45) is 1.03. The molecule has 0 aliphatic heterocycles. The molecule has 0 amide bonds. The van der Waals surface area contributed by atoms with Crippen LogP contribution in [0.4, 0.5) is 0 Å². The fourth-order valence-corrected chi connectivity index (χ4v) is 2.42. The summed E-state index contributed by atoms with van der Waals surface area (Å²) in [4.78, 5) is 12.6. The van der Waals surface area contributed by atoms with E-state index in [1.807, 2.05) is 49.4 Å². The van der Waals surface area contributed by atoms with Crippen molar-refractivity contribution in [3.63, 3.8) is 0 Å². The van der Waals surface area contributed by atoms with Crippen molar-refractivity contribution in [2.24, 2.45) is 5.92 Å². The Kier molecular flexibility index (Phi) is 4.79. The summed E-state index contributed by atoms with van der Waals surface area (Å²) in [5, 5.41) is 0. The average molecular weight is 282 g/mol. The summed E-state index contributed by atoms with van der Waals surface area (Å²) in [7, 11) is 1.59. The monoisotopic (exact) mass is 282 g/mol. The molecule has 2 rings (SSSR count). The van der Waals surface area contributed by atoms with Crippen molar-refractivity contribution in [3.8, 4) is 5.75 Å². The molecule has 0 saturated heterocycles. The first-order valence-corrected chi connectivity index (χ1v) is 7.29. The van der Waals surface area contributed by atoms with Crippen LogP contribution in [0.3, 0.4) is 0 Å². The van der Waals surface area contributed by atoms with Crippen molar-refractivity contribution in [3.05, 3.63) is 64.7 Å². The minimum Gasteiger partial charge on any atom is -0.496 e. The molecule has 2 nitrogen and oxygen atoms in total. The molecule has 0 N–H and O–H groups in total. The van der Waals surface area contributed by atoms with E-state index in [1.54, 1.807) is 7.11 Å². The van der Waals surface area contributed by atoms with Gasteiger partial charge in [0, 0.05) is 5.56 Å². The van der Waals surface area contributed by atoms with Gasteiger partial charge in [-0.05, 0) is 37.0 Å². The number of ether oxygens (including phenoxy) is 1. The molecule has 0 aliphatic carbocycles. The summed E-state index contributed by atoms with van der Waals surface area (Å²) in [5.74, 6) is 1.24. The number of benzene rings is 2. The van der Waals surface area contributed by atoms with Gasteiger partial charge in [0.05, 0.1) is 12.7 Å². The average Bonchev–Trinajstić information content (AvgIpc) is 2.46. The van der Waals surface area contributed by atoms with Crippen LogP contribution in [-0.4, -0.2) is 12.9 Å². The number of rotatable bonds is 5. The van der Waals surface area contributed by atoms with Gasteiger partial charge in [-0.15, -0.1) is 0 Å². The van der Waals surface area contributed by atoms with Gasteiger partial charge in [0.15, 0.2) is 5.78 Å². The van der Waals surface area contributed by atoms with Gasteiger partial charge >= 0.3 is 0 Å². The zero-order valence-corrected chi connectivity index (χ0v) is 13.1. The van der Waals surface area contributed by atoms with Crippen molar-refractivity contribution in [1.82, 2.24) is 0 Å². The van der Waals surface area contributed by atoms with Crippen molar-refractivity contribution in [2.45, 2.75) is 27.2 Å². The maximum Gasteiger partial charge on any atom is 0.196 e. The van der Waals surface area contributed by atoms with Gasteiger partial charge in [0.1, 0.15) is 5.75 Å². The molecular formula is C19H22O2. The summed E-state index contributed by atoms with van der Waals surface area (Å²) in [6, 6.07) is 13.6. The minimum atomic E-state index is 0.00615. The summed E-state index contributed by atoms with van der Waals surface area (Å²) in [5.41, 5.74) is 3.63. The van der Waals surface area contributed by atoms with Gasteiger partial charge in [0.2, 0.25) is 0 Å². The molecule has 0 atom stereocenters. The first kappa shape index (κ1) is 15.3. The second-order valence-electron chi connectivity index (χ2n) is 5.83. The molecule has 0 unspecified atom stereocenters. The lowest BCUT2D eigenvalue weighted by molar-refractivity contribution is 0.103. The fourth-order valence-electron chi connectivity index (χ4n) is 2.42. The molecule has 2 aromatic carbocycles. The Morgan fingerprint density at radius 2 is 1.76 bits per heavy atom. The van der Waals surface area contributed by atoms with Gasteiger partial charge in [-0.2, -0.15) is 0 Å². The number of ketones is 1. The second kappa shape index (κ2) is 6.57. The van der Waals surface area contributed by atoms with Crippen molar-refractivity contribution in [1.29, 1.82) is 0 Å². The number of methoxy groups -OCH3 is 1. The smallest absolute Gasteiger partial charge is 0.196 e. The van der Waals surface area contributed by atoms with Crippen molar-refractivity contribution in [2.75, 3.05) is 7.11 Å². The van der Waals surface area contributed by atoms with Gasteiger partial charge in [0.25, 0.3) is 0 Å². The molecular weight excluding hydrogens is 260 g/mol. The van der Waals surface area contributed by atoms with Crippen molar-refractivity contribution >= 4 is 5.78 Å². The predicted octanol–water partition coefficient (Wildman–Crippen LogP) is 4.43. The van der Waals surface area contributed by atoms with E-state index in [4.69, 9.17) is 4.74 Å². The predicted molar refractivity (Wildman–Crippen MR) is 86.1 cm³/mol. The van der Waals surface area contributed by atoms with Crippen molar-refractivity contribution < 1.29 is 9.53 Å². The maximum atomic E-state index is 12.6. The number of carbonyl (C=O) groups is 1. The molecule has 0 aromatic heterocycles. The van der Waals surface area contributed by atoms with Crippen LogP contribution < -0.4 is 4.74 Å². The second-order valence-corrected chi connectivity index (χ2v) is 5.83. The Labute approximate surface area is 126 Å². The van der Waals surface area contributed by atoms with E-state index in [2.05, 4.69) is 13.8 Å². The highest BCUT2D eigenvalue weighted by Crippen LogP contribution is 2.23. The third kappa shape index (κ3) is 3.72. The molecule has 21 heavy (non-hydrogen) atoms. The molecule has 0 bridgehead atoms. The summed E-state index contributed by atoms with van der Waals surface area (Å²) in [6.45, 7) is 6.36. The molecule has 0 heterocycles. The molecule has 0 fully saturated rings. The van der Waals surface area contributed by atoms with Gasteiger partial charge < -0.3 is 4.74 Å². The largest absolute Gasteiger partial charge is 0.496 e. The Hall–Kier alpha value is -2.09. The van der Waals surface area contributed by atoms with E-state index >= 15 is 0 Å². The number of carbonyl (C=O) groups excluding carboxylic acids is 1. The van der Waals surface area contributed by atoms with E-state index in [0.29, 0.717) is 22.8 Å². The third-order valence-corrected chi connectivity index (χ3v) is 3.46. The highest BCUT2D eigenvalue weighted by molar-refractivity contribution is 6.10. The quantitative estimate of drug-likeness (QED) is 0.758. The highest BCUT2D eigenvalue weighted by Gasteiger charge is 2.14. The SMILES string of the molecule is COc1ccc(C)cc1C(=O)c1ccc(CC(C)C)cc1. The van der Waals surface area contributed by atoms with Crippen LogP contribution in [0.1, 0.15) is 40.9 Å². The van der Waals surface area contributed by atoms with E-state index < -0.39 is 0 Å². The fraction of sp³-hybridized carbons (Fsp3) is 0.316. The summed E-state index contributed by atoms with van der Waals surface area (Å²) < 4.78 is 5.30. The topological polar surface area (TPSA) is 26.3 Å².